The Kier molecular flexibility index (Phi) is 2.46. The molecule has 0 amide bonds. The van der Waals surface area contributed by atoms with Crippen LogP contribution in [0.3, 0.4) is 0 Å². The monoisotopic (exact) mass is 197 g/mol. The number of hydrogen-bond donors (Lipinski definition) is 1. The van der Waals surface area contributed by atoms with E-state index >= 15 is 0 Å². The summed E-state index contributed by atoms with van der Waals surface area (Å²) in [5.41, 5.74) is 0. The van der Waals surface area contributed by atoms with Gasteiger partial charge >= 0.3 is 6.18 Å². The fraction of sp³-hybridized carbons (Fsp3) is 0.500. The number of aliphatic hydroxyl groups excluding tert-OH is 1. The van der Waals surface area contributed by atoms with Crippen molar-refractivity contribution in [2.45, 2.75) is 12.3 Å². The Morgan fingerprint density at radius 3 is 2.62 bits per heavy atom. The molecule has 0 aromatic carbocycles. The smallest absolute Gasteiger partial charge is 0.421 e. The zero-order chi connectivity index (χ0) is 10.1. The second-order valence-corrected chi connectivity index (χ2v) is 2.22. The molecule has 0 unspecified atom stereocenters. The average molecular weight is 197 g/mol. The third-order valence-corrected chi connectivity index (χ3v) is 1.30. The van der Waals surface area contributed by atoms with Crippen molar-refractivity contribution in [2.75, 3.05) is 7.11 Å². The minimum absolute atomic E-state index is 0.113. The molecule has 1 aromatic rings. The molecule has 0 aliphatic heterocycles. The first-order valence-corrected chi connectivity index (χ1v) is 3.20. The fourth-order valence-corrected chi connectivity index (χ4v) is 0.658. The standard InChI is InChI=1S/C6H6F3NO3/c1-12-4-2-3(13-10-4)5(11)6(7,8)9/h2,5,11H,1H3/t5-/m1/s1. The molecule has 1 heterocycles. The van der Waals surface area contributed by atoms with E-state index in [9.17, 15) is 13.2 Å². The van der Waals surface area contributed by atoms with Crippen molar-refractivity contribution in [3.8, 4) is 5.88 Å². The molecule has 0 radical (unpaired) electrons. The highest BCUT2D eigenvalue weighted by atomic mass is 19.4. The normalized spacial score (nSPS) is 14.2. The predicted molar refractivity (Wildman–Crippen MR) is 34.1 cm³/mol. The lowest BCUT2D eigenvalue weighted by Gasteiger charge is -2.09. The lowest BCUT2D eigenvalue weighted by atomic mass is 10.3. The van der Waals surface area contributed by atoms with E-state index in [1.165, 1.54) is 7.11 Å². The summed E-state index contributed by atoms with van der Waals surface area (Å²) in [5.74, 6) is -0.803. The molecular formula is C6H6F3NO3. The molecule has 0 saturated carbocycles. The van der Waals surface area contributed by atoms with Crippen molar-refractivity contribution in [2.24, 2.45) is 0 Å². The Labute approximate surface area is 70.9 Å². The Bertz CT molecular complexity index is 283. The van der Waals surface area contributed by atoms with E-state index in [1.807, 2.05) is 0 Å². The second-order valence-electron chi connectivity index (χ2n) is 2.22. The molecule has 1 atom stereocenters. The molecule has 4 nitrogen and oxygen atoms in total. The van der Waals surface area contributed by atoms with Gasteiger partial charge in [-0.1, -0.05) is 0 Å². The summed E-state index contributed by atoms with van der Waals surface area (Å²) in [5, 5.41) is 11.8. The van der Waals surface area contributed by atoms with E-state index in [0.29, 0.717) is 0 Å². The van der Waals surface area contributed by atoms with Gasteiger partial charge in [0.25, 0.3) is 5.88 Å². The Balaban J connectivity index is 2.83. The van der Waals surface area contributed by atoms with Crippen molar-refractivity contribution in [1.82, 2.24) is 5.16 Å². The molecular weight excluding hydrogens is 191 g/mol. The summed E-state index contributed by atoms with van der Waals surface area (Å²) in [6, 6.07) is 0.873. The van der Waals surface area contributed by atoms with Gasteiger partial charge in [0.2, 0.25) is 6.10 Å². The van der Waals surface area contributed by atoms with E-state index in [2.05, 4.69) is 14.4 Å². The third kappa shape index (κ3) is 2.11. The SMILES string of the molecule is COc1cc([C@@H](O)C(F)(F)F)on1. The molecule has 1 aromatic heterocycles. The number of aromatic nitrogens is 1. The average Bonchev–Trinajstić information content (AvgIpc) is 2.48. The van der Waals surface area contributed by atoms with Crippen molar-refractivity contribution < 1.29 is 27.5 Å². The van der Waals surface area contributed by atoms with E-state index in [1.54, 1.807) is 0 Å². The molecule has 0 spiro atoms. The number of ether oxygens (including phenoxy) is 1. The number of alkyl halides is 3. The number of aliphatic hydroxyl groups is 1. The molecule has 1 N–H and O–H groups in total. The predicted octanol–water partition coefficient (Wildman–Crippen LogP) is 1.28. The van der Waals surface area contributed by atoms with Gasteiger partial charge in [-0.2, -0.15) is 13.2 Å². The van der Waals surface area contributed by atoms with Gasteiger partial charge in [-0.05, 0) is 5.16 Å². The van der Waals surface area contributed by atoms with Gasteiger partial charge < -0.3 is 14.4 Å². The third-order valence-electron chi connectivity index (χ3n) is 1.30. The molecule has 13 heavy (non-hydrogen) atoms. The molecule has 0 fully saturated rings. The molecule has 0 aliphatic rings. The van der Waals surface area contributed by atoms with E-state index in [0.717, 1.165) is 6.07 Å². The number of rotatable bonds is 2. The zero-order valence-electron chi connectivity index (χ0n) is 6.50. The topological polar surface area (TPSA) is 55.5 Å². The Morgan fingerprint density at radius 1 is 1.62 bits per heavy atom. The van der Waals surface area contributed by atoms with E-state index < -0.39 is 18.0 Å². The van der Waals surface area contributed by atoms with E-state index in [4.69, 9.17) is 5.11 Å². The van der Waals surface area contributed by atoms with Crippen LogP contribution in [-0.2, 0) is 0 Å². The van der Waals surface area contributed by atoms with Gasteiger partial charge in [-0.3, -0.25) is 0 Å². The number of methoxy groups -OCH3 is 1. The highest BCUT2D eigenvalue weighted by Gasteiger charge is 2.42. The fourth-order valence-electron chi connectivity index (χ4n) is 0.658. The van der Waals surface area contributed by atoms with E-state index in [-0.39, 0.29) is 5.88 Å². The van der Waals surface area contributed by atoms with Crippen molar-refractivity contribution in [1.29, 1.82) is 0 Å². The second kappa shape index (κ2) is 3.25. The first-order chi connectivity index (χ1) is 5.95. The summed E-state index contributed by atoms with van der Waals surface area (Å²) in [4.78, 5) is 0. The molecule has 7 heteroatoms. The van der Waals surface area contributed by atoms with Crippen LogP contribution in [0.2, 0.25) is 0 Å². The van der Waals surface area contributed by atoms with Gasteiger partial charge in [0.15, 0.2) is 5.76 Å². The van der Waals surface area contributed by atoms with Gasteiger partial charge in [0, 0.05) is 6.07 Å². The molecule has 0 aliphatic carbocycles. The maximum absolute atomic E-state index is 11.9. The summed E-state index contributed by atoms with van der Waals surface area (Å²) >= 11 is 0. The van der Waals surface area contributed by atoms with Crippen LogP contribution in [-0.4, -0.2) is 23.5 Å². The summed E-state index contributed by atoms with van der Waals surface area (Å²) in [6.07, 6.45) is -7.42. The van der Waals surface area contributed by atoms with Crippen LogP contribution in [0.1, 0.15) is 11.9 Å². The van der Waals surface area contributed by atoms with Crippen LogP contribution >= 0.6 is 0 Å². The molecule has 0 saturated heterocycles. The van der Waals surface area contributed by atoms with Gasteiger partial charge in [-0.25, -0.2) is 0 Å². The first kappa shape index (κ1) is 9.85. The summed E-state index contributed by atoms with van der Waals surface area (Å²) in [7, 11) is 1.22. The summed E-state index contributed by atoms with van der Waals surface area (Å²) in [6.45, 7) is 0. The quantitative estimate of drug-likeness (QED) is 0.775. The summed E-state index contributed by atoms with van der Waals surface area (Å²) < 4.78 is 44.3. The number of hydrogen-bond acceptors (Lipinski definition) is 4. The molecule has 0 bridgehead atoms. The van der Waals surface area contributed by atoms with Crippen LogP contribution in [0.5, 0.6) is 5.88 Å². The van der Waals surface area contributed by atoms with Crippen LogP contribution < -0.4 is 4.74 Å². The van der Waals surface area contributed by atoms with Crippen LogP contribution in [0.15, 0.2) is 10.6 Å². The molecule has 1 rings (SSSR count). The largest absolute Gasteiger partial charge is 0.479 e. The molecule has 74 valence electrons. The number of nitrogens with zero attached hydrogens (tertiary/aromatic N) is 1. The maximum atomic E-state index is 11.9. The van der Waals surface area contributed by atoms with Gasteiger partial charge in [-0.15, -0.1) is 0 Å². The van der Waals surface area contributed by atoms with Crippen molar-refractivity contribution in [3.63, 3.8) is 0 Å². The van der Waals surface area contributed by atoms with Gasteiger partial charge in [0.1, 0.15) is 0 Å². The lowest BCUT2D eigenvalue weighted by Crippen LogP contribution is -2.19. The minimum atomic E-state index is -4.76. The highest BCUT2D eigenvalue weighted by molar-refractivity contribution is 5.13. The highest BCUT2D eigenvalue weighted by Crippen LogP contribution is 2.33. The first-order valence-electron chi connectivity index (χ1n) is 3.20. The van der Waals surface area contributed by atoms with Crippen molar-refractivity contribution >= 4 is 0 Å². The van der Waals surface area contributed by atoms with Crippen molar-refractivity contribution in [3.05, 3.63) is 11.8 Å². The Hall–Kier alpha value is -1.24. The van der Waals surface area contributed by atoms with Crippen LogP contribution in [0, 0.1) is 0 Å². The maximum Gasteiger partial charge on any atom is 0.421 e. The zero-order valence-corrected chi connectivity index (χ0v) is 6.50. The lowest BCUT2D eigenvalue weighted by molar-refractivity contribution is -0.212. The number of halogens is 3. The van der Waals surface area contributed by atoms with Crippen LogP contribution in [0.25, 0.3) is 0 Å². The Morgan fingerprint density at radius 2 is 2.23 bits per heavy atom. The van der Waals surface area contributed by atoms with Gasteiger partial charge in [0.05, 0.1) is 7.11 Å². The van der Waals surface area contributed by atoms with Crippen LogP contribution in [0.4, 0.5) is 13.2 Å². The minimum Gasteiger partial charge on any atom is -0.479 e.